The normalized spacial score (nSPS) is 11.7. The summed E-state index contributed by atoms with van der Waals surface area (Å²) in [7, 11) is 0. The summed E-state index contributed by atoms with van der Waals surface area (Å²) in [6.07, 6.45) is 38.3. The van der Waals surface area contributed by atoms with Gasteiger partial charge in [-0.05, 0) is 78.1 Å². The molecule has 0 aliphatic carbocycles. The Bertz CT molecular complexity index is 759. The van der Waals surface area contributed by atoms with Crippen LogP contribution in [0.1, 0.15) is 259 Å². The minimum absolute atomic E-state index is 0.00942. The lowest BCUT2D eigenvalue weighted by Crippen LogP contribution is -2.27. The molecular formula is C45H86O5. The summed E-state index contributed by atoms with van der Waals surface area (Å²) in [6, 6.07) is 0. The number of hydrogen-bond donors (Lipinski definition) is 0. The average molecular weight is 707 g/mol. The van der Waals surface area contributed by atoms with Gasteiger partial charge in [0.05, 0.1) is 0 Å². The molecular weight excluding hydrogens is 620 g/mol. The number of hydrogen-bond acceptors (Lipinski definition) is 5. The third kappa shape index (κ3) is 35.0. The average Bonchev–Trinajstić information content (AvgIpc) is 3.08. The van der Waals surface area contributed by atoms with Gasteiger partial charge in [-0.3, -0.25) is 14.4 Å². The molecule has 0 heterocycles. The second kappa shape index (κ2) is 36.0. The number of ether oxygens (including phenoxy) is 2. The highest BCUT2D eigenvalue weighted by Crippen LogP contribution is 2.22. The van der Waals surface area contributed by atoms with Crippen LogP contribution in [0, 0.1) is 0 Å². The molecule has 0 aromatic heterocycles. The first-order valence-corrected chi connectivity index (χ1v) is 22.2. The Morgan fingerprint density at radius 1 is 0.420 bits per heavy atom. The molecule has 0 atom stereocenters. The van der Waals surface area contributed by atoms with E-state index in [-0.39, 0.29) is 23.6 Å². The zero-order valence-electron chi connectivity index (χ0n) is 34.4. The quantitative estimate of drug-likeness (QED) is 0.0470. The van der Waals surface area contributed by atoms with Crippen molar-refractivity contribution in [2.75, 3.05) is 0 Å². The van der Waals surface area contributed by atoms with E-state index in [0.29, 0.717) is 31.5 Å². The third-order valence-electron chi connectivity index (χ3n) is 10.3. The number of unbranched alkanes of at least 4 members (excludes halogenated alkanes) is 23. The second-order valence-corrected chi connectivity index (χ2v) is 16.1. The maximum absolute atomic E-state index is 12.6. The molecule has 50 heavy (non-hydrogen) atoms. The standard InChI is InChI=1S/C45H86O5/c1-6-9-12-15-22-29-36-42(37-30-23-16-13-10-7-2)49-43(47)38-31-24-18-20-27-34-41(46)35-28-21-19-25-32-39-44(48)50-45(4,5)40-33-26-17-14-11-8-3/h42H,6-40H2,1-5H3. The van der Waals surface area contributed by atoms with Crippen molar-refractivity contribution in [3.63, 3.8) is 0 Å². The summed E-state index contributed by atoms with van der Waals surface area (Å²) >= 11 is 0. The molecule has 0 N–H and O–H groups in total. The lowest BCUT2D eigenvalue weighted by molar-refractivity contribution is -0.157. The summed E-state index contributed by atoms with van der Waals surface area (Å²) in [6.45, 7) is 10.8. The minimum Gasteiger partial charge on any atom is -0.462 e. The van der Waals surface area contributed by atoms with Gasteiger partial charge in [0.25, 0.3) is 0 Å². The van der Waals surface area contributed by atoms with Crippen LogP contribution in [0.4, 0.5) is 0 Å². The van der Waals surface area contributed by atoms with E-state index in [1.165, 1.54) is 109 Å². The number of esters is 2. The van der Waals surface area contributed by atoms with Crippen molar-refractivity contribution < 1.29 is 23.9 Å². The molecule has 0 aliphatic rings. The van der Waals surface area contributed by atoms with E-state index in [4.69, 9.17) is 9.47 Å². The first-order valence-electron chi connectivity index (χ1n) is 22.2. The van der Waals surface area contributed by atoms with E-state index in [9.17, 15) is 14.4 Å². The Morgan fingerprint density at radius 2 is 0.760 bits per heavy atom. The Morgan fingerprint density at radius 3 is 1.20 bits per heavy atom. The van der Waals surface area contributed by atoms with Crippen molar-refractivity contribution >= 4 is 17.7 Å². The van der Waals surface area contributed by atoms with Crippen molar-refractivity contribution in [1.29, 1.82) is 0 Å². The smallest absolute Gasteiger partial charge is 0.306 e. The Kier molecular flexibility index (Phi) is 35.0. The van der Waals surface area contributed by atoms with Crippen LogP contribution in [0.3, 0.4) is 0 Å². The van der Waals surface area contributed by atoms with Gasteiger partial charge in [0.1, 0.15) is 17.5 Å². The molecule has 0 rings (SSSR count). The monoisotopic (exact) mass is 707 g/mol. The highest BCUT2D eigenvalue weighted by atomic mass is 16.6. The molecule has 0 radical (unpaired) electrons. The lowest BCUT2D eigenvalue weighted by atomic mass is 9.99. The van der Waals surface area contributed by atoms with Crippen LogP contribution in [0.5, 0.6) is 0 Å². The summed E-state index contributed by atoms with van der Waals surface area (Å²) in [5.74, 6) is 0.304. The Labute approximate surface area is 312 Å². The van der Waals surface area contributed by atoms with E-state index in [1.54, 1.807) is 0 Å². The molecule has 0 fully saturated rings. The maximum Gasteiger partial charge on any atom is 0.306 e. The van der Waals surface area contributed by atoms with Crippen LogP contribution >= 0.6 is 0 Å². The van der Waals surface area contributed by atoms with Crippen molar-refractivity contribution in [1.82, 2.24) is 0 Å². The highest BCUT2D eigenvalue weighted by molar-refractivity contribution is 5.78. The van der Waals surface area contributed by atoms with Crippen LogP contribution in [0.2, 0.25) is 0 Å². The molecule has 0 aromatic carbocycles. The lowest BCUT2D eigenvalue weighted by Gasteiger charge is -2.25. The van der Waals surface area contributed by atoms with E-state index >= 15 is 0 Å². The molecule has 0 aromatic rings. The van der Waals surface area contributed by atoms with Crippen molar-refractivity contribution in [2.45, 2.75) is 271 Å². The van der Waals surface area contributed by atoms with Gasteiger partial charge in [-0.25, -0.2) is 0 Å². The first-order chi connectivity index (χ1) is 24.2. The number of rotatable bonds is 39. The number of carbonyl (C=O) groups is 3. The van der Waals surface area contributed by atoms with E-state index in [0.717, 1.165) is 89.9 Å². The molecule has 5 heteroatoms. The molecule has 0 saturated carbocycles. The predicted octanol–water partition coefficient (Wildman–Crippen LogP) is 14.5. The Balaban J connectivity index is 3.86. The summed E-state index contributed by atoms with van der Waals surface area (Å²) in [5.41, 5.74) is -0.362. The largest absolute Gasteiger partial charge is 0.462 e. The SMILES string of the molecule is CCCCCCCCC(CCCCCCCC)OC(=O)CCCCCCCC(=O)CCCCCCCC(=O)OC(C)(C)CCCCCCCC. The van der Waals surface area contributed by atoms with Crippen LogP contribution in [-0.2, 0) is 23.9 Å². The summed E-state index contributed by atoms with van der Waals surface area (Å²) in [5, 5.41) is 0. The van der Waals surface area contributed by atoms with E-state index in [2.05, 4.69) is 20.8 Å². The van der Waals surface area contributed by atoms with Crippen LogP contribution < -0.4 is 0 Å². The topological polar surface area (TPSA) is 69.7 Å². The highest BCUT2D eigenvalue weighted by Gasteiger charge is 2.22. The number of Topliss-reactive ketones (excluding diaryl/α,β-unsaturated/α-hetero) is 1. The van der Waals surface area contributed by atoms with Crippen LogP contribution in [0.15, 0.2) is 0 Å². The fourth-order valence-corrected chi connectivity index (χ4v) is 6.92. The van der Waals surface area contributed by atoms with Gasteiger partial charge in [0.15, 0.2) is 0 Å². The van der Waals surface area contributed by atoms with Gasteiger partial charge in [-0.15, -0.1) is 0 Å². The second-order valence-electron chi connectivity index (χ2n) is 16.1. The Hall–Kier alpha value is -1.39. The van der Waals surface area contributed by atoms with Gasteiger partial charge in [0, 0.05) is 25.7 Å². The van der Waals surface area contributed by atoms with Gasteiger partial charge >= 0.3 is 11.9 Å². The zero-order valence-corrected chi connectivity index (χ0v) is 34.4. The molecule has 0 aliphatic heterocycles. The van der Waals surface area contributed by atoms with E-state index in [1.807, 2.05) is 13.8 Å². The fourth-order valence-electron chi connectivity index (χ4n) is 6.92. The predicted molar refractivity (Wildman–Crippen MR) is 214 cm³/mol. The maximum atomic E-state index is 12.6. The molecule has 0 bridgehead atoms. The minimum atomic E-state index is -0.362. The van der Waals surface area contributed by atoms with E-state index < -0.39 is 0 Å². The summed E-state index contributed by atoms with van der Waals surface area (Å²) < 4.78 is 11.7. The summed E-state index contributed by atoms with van der Waals surface area (Å²) in [4.78, 5) is 37.3. The molecule has 296 valence electrons. The molecule has 0 amide bonds. The molecule has 0 saturated heterocycles. The number of ketones is 1. The van der Waals surface area contributed by atoms with Crippen LogP contribution in [-0.4, -0.2) is 29.4 Å². The number of carbonyl (C=O) groups excluding carboxylic acids is 3. The van der Waals surface area contributed by atoms with Crippen LogP contribution in [0.25, 0.3) is 0 Å². The van der Waals surface area contributed by atoms with Gasteiger partial charge in [-0.1, -0.05) is 156 Å². The first kappa shape index (κ1) is 48.6. The van der Waals surface area contributed by atoms with Crippen molar-refractivity contribution in [3.8, 4) is 0 Å². The third-order valence-corrected chi connectivity index (χ3v) is 10.3. The van der Waals surface area contributed by atoms with Gasteiger partial charge < -0.3 is 9.47 Å². The zero-order chi connectivity index (χ0) is 37.0. The van der Waals surface area contributed by atoms with Crippen molar-refractivity contribution in [2.24, 2.45) is 0 Å². The molecule has 0 unspecified atom stereocenters. The fraction of sp³-hybridized carbons (Fsp3) is 0.933. The van der Waals surface area contributed by atoms with Gasteiger partial charge in [-0.2, -0.15) is 0 Å². The van der Waals surface area contributed by atoms with Crippen molar-refractivity contribution in [3.05, 3.63) is 0 Å². The molecule has 5 nitrogen and oxygen atoms in total. The van der Waals surface area contributed by atoms with Gasteiger partial charge in [0.2, 0.25) is 0 Å². The molecule has 0 spiro atoms.